The molecule has 136 valence electrons. The van der Waals surface area contributed by atoms with Gasteiger partial charge in [-0.3, -0.25) is 4.79 Å². The summed E-state index contributed by atoms with van der Waals surface area (Å²) in [4.78, 5) is 26.7. The van der Waals surface area contributed by atoms with Gasteiger partial charge in [0.05, 0.1) is 11.3 Å². The van der Waals surface area contributed by atoms with Crippen LogP contribution < -0.4 is 0 Å². The fraction of sp³-hybridized carbons (Fsp3) is 0.579. The van der Waals surface area contributed by atoms with Gasteiger partial charge in [0, 0.05) is 30.1 Å². The molecule has 6 nitrogen and oxygen atoms in total. The molecule has 0 aromatic carbocycles. The molecule has 25 heavy (non-hydrogen) atoms. The number of aryl methyl sites for hydroxylation is 3. The van der Waals surface area contributed by atoms with E-state index in [4.69, 9.17) is 4.84 Å². The molecule has 1 aliphatic rings. The van der Waals surface area contributed by atoms with Crippen molar-refractivity contribution in [1.82, 2.24) is 9.97 Å². The van der Waals surface area contributed by atoms with Crippen LogP contribution in [0.2, 0.25) is 0 Å². The van der Waals surface area contributed by atoms with Gasteiger partial charge in [0.1, 0.15) is 18.2 Å². The number of nitrogens with zero attached hydrogens (tertiary/aromatic N) is 3. The van der Waals surface area contributed by atoms with Crippen molar-refractivity contribution in [3.63, 3.8) is 0 Å². The van der Waals surface area contributed by atoms with E-state index in [1.807, 2.05) is 34.6 Å². The third kappa shape index (κ3) is 4.24. The molecule has 0 radical (unpaired) electrons. The minimum absolute atomic E-state index is 0.0903. The zero-order valence-electron chi connectivity index (χ0n) is 15.7. The van der Waals surface area contributed by atoms with E-state index in [0.29, 0.717) is 37.2 Å². The molecule has 1 N–H and O–H groups in total. The normalized spacial score (nSPS) is 18.7. The lowest BCUT2D eigenvalue weighted by Crippen LogP contribution is -2.25. The number of carbonyl (C=O) groups is 1. The van der Waals surface area contributed by atoms with Crippen molar-refractivity contribution in [1.29, 1.82) is 0 Å². The van der Waals surface area contributed by atoms with Crippen LogP contribution in [-0.2, 0) is 9.63 Å². The molecule has 1 aromatic rings. The second-order valence-corrected chi connectivity index (χ2v) is 6.41. The number of hydrogen-bond acceptors (Lipinski definition) is 6. The molecular weight excluding hydrogens is 318 g/mol. The van der Waals surface area contributed by atoms with Crippen LogP contribution in [0.5, 0.6) is 0 Å². The molecule has 0 saturated heterocycles. The topological polar surface area (TPSA) is 84.7 Å². The summed E-state index contributed by atoms with van der Waals surface area (Å²) in [5.41, 5.74) is 3.57. The number of Topliss-reactive ketones (excluding diaryl/α,β-unsaturated/α-hetero) is 1. The third-order valence-corrected chi connectivity index (χ3v) is 4.37. The average Bonchev–Trinajstić information content (AvgIpc) is 2.51. The summed E-state index contributed by atoms with van der Waals surface area (Å²) in [5, 5.41) is 14.6. The predicted molar refractivity (Wildman–Crippen MR) is 96.8 cm³/mol. The van der Waals surface area contributed by atoms with Crippen LogP contribution >= 0.6 is 0 Å². The molecule has 0 amide bonds. The largest absolute Gasteiger partial charge is 0.511 e. The summed E-state index contributed by atoms with van der Waals surface area (Å²) in [6.45, 7) is 9.98. The first-order valence-electron chi connectivity index (χ1n) is 8.85. The van der Waals surface area contributed by atoms with Crippen LogP contribution in [-0.4, -0.2) is 33.2 Å². The lowest BCUT2D eigenvalue weighted by molar-refractivity contribution is -0.116. The van der Waals surface area contributed by atoms with Crippen LogP contribution in [0.15, 0.2) is 16.5 Å². The first kappa shape index (κ1) is 19.1. The van der Waals surface area contributed by atoms with Gasteiger partial charge in [-0.25, -0.2) is 9.97 Å². The van der Waals surface area contributed by atoms with Crippen LogP contribution in [0.1, 0.15) is 68.2 Å². The molecule has 0 bridgehead atoms. The van der Waals surface area contributed by atoms with Crippen molar-refractivity contribution in [3.8, 4) is 0 Å². The standard InChI is InChI=1S/C19H27N3O3/c1-6-8-15(22-25-7-2)19-16(23)9-14(10-17(19)24)18-11(3)20-13(5)21-12(18)4/h14,23H,6-10H2,1-5H3. The Morgan fingerprint density at radius 2 is 1.84 bits per heavy atom. The number of aliphatic hydroxyl groups excluding tert-OH is 1. The van der Waals surface area contributed by atoms with Crippen LogP contribution in [0, 0.1) is 20.8 Å². The summed E-state index contributed by atoms with van der Waals surface area (Å²) in [5.74, 6) is 0.606. The van der Waals surface area contributed by atoms with Gasteiger partial charge in [-0.1, -0.05) is 18.5 Å². The highest BCUT2D eigenvalue weighted by atomic mass is 16.6. The second kappa shape index (κ2) is 8.23. The molecule has 0 fully saturated rings. The molecule has 6 heteroatoms. The highest BCUT2D eigenvalue weighted by molar-refractivity contribution is 6.23. The molecule has 1 atom stereocenters. The third-order valence-electron chi connectivity index (χ3n) is 4.37. The van der Waals surface area contributed by atoms with E-state index >= 15 is 0 Å². The predicted octanol–water partition coefficient (Wildman–Crippen LogP) is 3.85. The smallest absolute Gasteiger partial charge is 0.168 e. The summed E-state index contributed by atoms with van der Waals surface area (Å²) in [6, 6.07) is 0. The number of carbonyl (C=O) groups excluding carboxylic acids is 1. The van der Waals surface area contributed by atoms with Gasteiger partial charge < -0.3 is 9.94 Å². The van der Waals surface area contributed by atoms with E-state index in [1.165, 1.54) is 0 Å². The van der Waals surface area contributed by atoms with Gasteiger partial charge in [-0.15, -0.1) is 0 Å². The summed E-state index contributed by atoms with van der Waals surface area (Å²) < 4.78 is 0. The maximum atomic E-state index is 12.8. The molecule has 0 spiro atoms. The van der Waals surface area contributed by atoms with Crippen molar-refractivity contribution in [2.75, 3.05) is 6.61 Å². The lowest BCUT2D eigenvalue weighted by atomic mass is 9.79. The molecule has 1 aliphatic carbocycles. The van der Waals surface area contributed by atoms with Gasteiger partial charge in [0.2, 0.25) is 0 Å². The molecule has 1 aromatic heterocycles. The van der Waals surface area contributed by atoms with E-state index < -0.39 is 0 Å². The molecule has 0 saturated carbocycles. The SMILES string of the molecule is CCCC(=NOCC)C1=C(O)CC(c2c(C)nc(C)nc2C)CC1=O. The highest BCUT2D eigenvalue weighted by Crippen LogP contribution is 2.36. The molecule has 1 unspecified atom stereocenters. The Labute approximate surface area is 149 Å². The molecule has 1 heterocycles. The number of ketones is 1. The Morgan fingerprint density at radius 3 is 2.36 bits per heavy atom. The minimum Gasteiger partial charge on any atom is -0.511 e. The zero-order valence-corrected chi connectivity index (χ0v) is 15.7. The van der Waals surface area contributed by atoms with E-state index in [-0.39, 0.29) is 17.5 Å². The number of rotatable bonds is 6. The Kier molecular flexibility index (Phi) is 6.28. The lowest BCUT2D eigenvalue weighted by Gasteiger charge is -2.26. The summed E-state index contributed by atoms with van der Waals surface area (Å²) in [6.07, 6.45) is 2.14. The Balaban J connectivity index is 2.38. The number of aromatic nitrogens is 2. The van der Waals surface area contributed by atoms with Crippen LogP contribution in [0.4, 0.5) is 0 Å². The van der Waals surface area contributed by atoms with E-state index in [0.717, 1.165) is 29.2 Å². The number of hydrogen-bond donors (Lipinski definition) is 1. The van der Waals surface area contributed by atoms with E-state index in [9.17, 15) is 9.90 Å². The Hall–Kier alpha value is -2.24. The van der Waals surface area contributed by atoms with Gasteiger partial charge in [-0.2, -0.15) is 0 Å². The number of oxime groups is 1. The van der Waals surface area contributed by atoms with Crippen molar-refractivity contribution in [3.05, 3.63) is 34.1 Å². The van der Waals surface area contributed by atoms with Crippen molar-refractivity contribution < 1.29 is 14.7 Å². The molecule has 0 aliphatic heterocycles. The zero-order chi connectivity index (χ0) is 18.6. The van der Waals surface area contributed by atoms with Crippen LogP contribution in [0.25, 0.3) is 0 Å². The van der Waals surface area contributed by atoms with E-state index in [2.05, 4.69) is 15.1 Å². The van der Waals surface area contributed by atoms with E-state index in [1.54, 1.807) is 0 Å². The average molecular weight is 345 g/mol. The summed E-state index contributed by atoms with van der Waals surface area (Å²) >= 11 is 0. The highest BCUT2D eigenvalue weighted by Gasteiger charge is 2.33. The van der Waals surface area contributed by atoms with Gasteiger partial charge in [0.15, 0.2) is 5.78 Å². The number of aliphatic hydroxyl groups is 1. The first-order chi connectivity index (χ1) is 11.9. The first-order valence-corrected chi connectivity index (χ1v) is 8.85. The molecular formula is C19H27N3O3. The van der Waals surface area contributed by atoms with Crippen molar-refractivity contribution in [2.24, 2.45) is 5.16 Å². The van der Waals surface area contributed by atoms with Crippen molar-refractivity contribution in [2.45, 2.75) is 66.2 Å². The monoisotopic (exact) mass is 345 g/mol. The Morgan fingerprint density at radius 1 is 1.20 bits per heavy atom. The molecule has 2 rings (SSSR count). The van der Waals surface area contributed by atoms with Gasteiger partial charge >= 0.3 is 0 Å². The minimum atomic E-state index is -0.105. The maximum Gasteiger partial charge on any atom is 0.168 e. The fourth-order valence-corrected chi connectivity index (χ4v) is 3.51. The summed E-state index contributed by atoms with van der Waals surface area (Å²) in [7, 11) is 0. The van der Waals surface area contributed by atoms with Gasteiger partial charge in [0.25, 0.3) is 0 Å². The maximum absolute atomic E-state index is 12.8. The van der Waals surface area contributed by atoms with Gasteiger partial charge in [-0.05, 0) is 39.7 Å². The fourth-order valence-electron chi connectivity index (χ4n) is 3.51. The quantitative estimate of drug-likeness (QED) is 0.625. The van der Waals surface area contributed by atoms with Crippen molar-refractivity contribution >= 4 is 11.5 Å². The Bertz CT molecular complexity index is 700. The number of allylic oxidation sites excluding steroid dienone is 2. The van der Waals surface area contributed by atoms with Crippen LogP contribution in [0.3, 0.4) is 0 Å². The second-order valence-electron chi connectivity index (χ2n) is 6.41.